The molecule has 0 aliphatic carbocycles. The smallest absolute Gasteiger partial charge is 0.144 e. The molecule has 0 spiro atoms. The standard InChI is InChI=1S/C12H16FNOS/c1-9-7-11(13)6-5-10(9)8-14-16(15)12(2,3)4/h5-8H,1-4H3/t16-/m1/s1. The lowest BCUT2D eigenvalue weighted by atomic mass is 10.1. The fourth-order valence-corrected chi connectivity index (χ4v) is 1.57. The lowest BCUT2D eigenvalue weighted by Crippen LogP contribution is -2.19. The Morgan fingerprint density at radius 1 is 1.38 bits per heavy atom. The van der Waals surface area contributed by atoms with E-state index in [1.165, 1.54) is 18.3 Å². The van der Waals surface area contributed by atoms with Crippen LogP contribution < -0.4 is 0 Å². The highest BCUT2D eigenvalue weighted by atomic mass is 32.2. The summed E-state index contributed by atoms with van der Waals surface area (Å²) in [5.41, 5.74) is 1.58. The van der Waals surface area contributed by atoms with Crippen LogP contribution in [-0.4, -0.2) is 15.2 Å². The molecule has 16 heavy (non-hydrogen) atoms. The van der Waals surface area contributed by atoms with Crippen molar-refractivity contribution >= 4 is 17.2 Å². The molecular formula is C12H16FNOS. The molecule has 1 atom stereocenters. The summed E-state index contributed by atoms with van der Waals surface area (Å²) in [6.45, 7) is 7.37. The van der Waals surface area contributed by atoms with Crippen LogP contribution in [0, 0.1) is 12.7 Å². The second kappa shape index (κ2) is 4.87. The molecule has 0 aliphatic heterocycles. The normalized spacial score (nSPS) is 14.3. The third kappa shape index (κ3) is 3.52. The first kappa shape index (κ1) is 13.0. The third-order valence-corrected chi connectivity index (χ3v) is 3.39. The first-order chi connectivity index (χ1) is 7.30. The van der Waals surface area contributed by atoms with Crippen LogP contribution in [0.1, 0.15) is 31.9 Å². The van der Waals surface area contributed by atoms with Crippen molar-refractivity contribution in [1.29, 1.82) is 0 Å². The van der Waals surface area contributed by atoms with Crippen molar-refractivity contribution in [2.45, 2.75) is 32.4 Å². The molecule has 88 valence electrons. The highest BCUT2D eigenvalue weighted by Crippen LogP contribution is 2.13. The summed E-state index contributed by atoms with van der Waals surface area (Å²) < 4.78 is 28.1. The first-order valence-corrected chi connectivity index (χ1v) is 6.13. The predicted octanol–water partition coefficient (Wildman–Crippen LogP) is 3.02. The Morgan fingerprint density at radius 2 is 2.00 bits per heavy atom. The van der Waals surface area contributed by atoms with Gasteiger partial charge in [-0.2, -0.15) is 4.40 Å². The van der Waals surface area contributed by atoms with E-state index in [2.05, 4.69) is 4.40 Å². The second-order valence-corrected chi connectivity index (χ2v) is 6.53. The molecule has 0 heterocycles. The van der Waals surface area contributed by atoms with Gasteiger partial charge in [-0.3, -0.25) is 0 Å². The molecule has 0 saturated carbocycles. The number of benzene rings is 1. The maximum Gasteiger partial charge on any atom is 0.144 e. The van der Waals surface area contributed by atoms with E-state index in [1.54, 1.807) is 13.0 Å². The molecule has 1 aromatic carbocycles. The Balaban J connectivity index is 2.89. The minimum atomic E-state index is -1.28. The Bertz CT molecular complexity index is 435. The molecule has 0 amide bonds. The molecule has 0 fully saturated rings. The van der Waals surface area contributed by atoms with E-state index in [0.29, 0.717) is 0 Å². The van der Waals surface area contributed by atoms with E-state index in [9.17, 15) is 8.60 Å². The summed E-state index contributed by atoms with van der Waals surface area (Å²) in [4.78, 5) is 0. The Hall–Kier alpha value is -1.03. The molecule has 0 N–H and O–H groups in total. The Morgan fingerprint density at radius 3 is 2.50 bits per heavy atom. The second-order valence-electron chi connectivity index (χ2n) is 4.60. The highest BCUT2D eigenvalue weighted by Gasteiger charge is 2.18. The zero-order valence-corrected chi connectivity index (χ0v) is 10.8. The lowest BCUT2D eigenvalue weighted by Gasteiger charge is -2.12. The van der Waals surface area contributed by atoms with Gasteiger partial charge in [-0.15, -0.1) is 0 Å². The molecule has 0 aliphatic rings. The van der Waals surface area contributed by atoms with Gasteiger partial charge in [0, 0.05) is 6.21 Å². The van der Waals surface area contributed by atoms with E-state index in [1.807, 2.05) is 20.8 Å². The monoisotopic (exact) mass is 241 g/mol. The molecule has 2 nitrogen and oxygen atoms in total. The minimum absolute atomic E-state index is 0.272. The zero-order chi connectivity index (χ0) is 12.3. The summed E-state index contributed by atoms with van der Waals surface area (Å²) in [5, 5.41) is 0. The number of hydrogen-bond acceptors (Lipinski definition) is 1. The predicted molar refractivity (Wildman–Crippen MR) is 66.6 cm³/mol. The number of hydrogen-bond donors (Lipinski definition) is 0. The van der Waals surface area contributed by atoms with Gasteiger partial charge >= 0.3 is 0 Å². The van der Waals surface area contributed by atoms with Crippen LogP contribution in [-0.2, 0) is 11.0 Å². The molecular weight excluding hydrogens is 225 g/mol. The van der Waals surface area contributed by atoms with Crippen LogP contribution in [0.2, 0.25) is 0 Å². The molecule has 0 radical (unpaired) electrons. The number of aryl methyl sites for hydroxylation is 1. The van der Waals surface area contributed by atoms with Gasteiger partial charge in [-0.25, -0.2) is 8.60 Å². The van der Waals surface area contributed by atoms with Gasteiger partial charge in [-0.1, -0.05) is 6.07 Å². The lowest BCUT2D eigenvalue weighted by molar-refractivity contribution is 0.626. The Labute approximate surface area is 98.2 Å². The van der Waals surface area contributed by atoms with Crippen LogP contribution in [0.15, 0.2) is 22.6 Å². The zero-order valence-electron chi connectivity index (χ0n) is 9.95. The van der Waals surface area contributed by atoms with Crippen LogP contribution in [0.3, 0.4) is 0 Å². The number of halogens is 1. The fourth-order valence-electron chi connectivity index (χ4n) is 1.05. The van der Waals surface area contributed by atoms with Gasteiger partial charge in [0.25, 0.3) is 0 Å². The first-order valence-electron chi connectivity index (χ1n) is 5.03. The van der Waals surface area contributed by atoms with E-state index in [0.717, 1.165) is 11.1 Å². The minimum Gasteiger partial charge on any atom is -0.234 e. The van der Waals surface area contributed by atoms with Crippen molar-refractivity contribution in [2.24, 2.45) is 4.40 Å². The van der Waals surface area contributed by atoms with Gasteiger partial charge in [0.15, 0.2) is 0 Å². The van der Waals surface area contributed by atoms with Gasteiger partial charge in [0.2, 0.25) is 0 Å². The van der Waals surface area contributed by atoms with E-state index in [-0.39, 0.29) is 10.6 Å². The molecule has 1 aromatic rings. The number of rotatable bonds is 2. The molecule has 0 unspecified atom stereocenters. The van der Waals surface area contributed by atoms with Crippen molar-refractivity contribution in [1.82, 2.24) is 0 Å². The Kier molecular flexibility index (Phi) is 3.97. The maximum atomic E-state index is 12.8. The SMILES string of the molecule is Cc1cc(F)ccc1C=N[S@](=O)C(C)(C)C. The van der Waals surface area contributed by atoms with Crippen LogP contribution in [0.5, 0.6) is 0 Å². The fraction of sp³-hybridized carbons (Fsp3) is 0.417. The summed E-state index contributed by atoms with van der Waals surface area (Å²) >= 11 is 0. The quantitative estimate of drug-likeness (QED) is 0.732. The molecule has 0 bridgehead atoms. The van der Waals surface area contributed by atoms with E-state index >= 15 is 0 Å². The average molecular weight is 241 g/mol. The van der Waals surface area contributed by atoms with E-state index < -0.39 is 11.0 Å². The van der Waals surface area contributed by atoms with Crippen LogP contribution in [0.4, 0.5) is 4.39 Å². The molecule has 4 heteroatoms. The topological polar surface area (TPSA) is 29.4 Å². The van der Waals surface area contributed by atoms with Crippen molar-refractivity contribution in [3.63, 3.8) is 0 Å². The van der Waals surface area contributed by atoms with E-state index in [4.69, 9.17) is 0 Å². The van der Waals surface area contributed by atoms with Crippen molar-refractivity contribution in [3.05, 3.63) is 35.1 Å². The van der Waals surface area contributed by atoms with Crippen molar-refractivity contribution < 1.29 is 8.60 Å². The average Bonchev–Trinajstić information content (AvgIpc) is 2.14. The summed E-state index contributed by atoms with van der Waals surface area (Å²) in [5.74, 6) is -0.272. The summed E-state index contributed by atoms with van der Waals surface area (Å²) in [7, 11) is -1.28. The van der Waals surface area contributed by atoms with Crippen molar-refractivity contribution in [2.75, 3.05) is 0 Å². The number of nitrogens with zero attached hydrogens (tertiary/aromatic N) is 1. The highest BCUT2D eigenvalue weighted by molar-refractivity contribution is 7.85. The summed E-state index contributed by atoms with van der Waals surface area (Å²) in [6.07, 6.45) is 1.54. The van der Waals surface area contributed by atoms with Gasteiger partial charge < -0.3 is 0 Å². The van der Waals surface area contributed by atoms with Crippen LogP contribution in [0.25, 0.3) is 0 Å². The van der Waals surface area contributed by atoms with Crippen LogP contribution >= 0.6 is 0 Å². The largest absolute Gasteiger partial charge is 0.234 e. The summed E-state index contributed by atoms with van der Waals surface area (Å²) in [6, 6.07) is 4.43. The molecule has 0 saturated heterocycles. The van der Waals surface area contributed by atoms with Crippen molar-refractivity contribution in [3.8, 4) is 0 Å². The van der Waals surface area contributed by atoms with Gasteiger partial charge in [0.1, 0.15) is 16.8 Å². The maximum absolute atomic E-state index is 12.8. The molecule has 1 rings (SSSR count). The van der Waals surface area contributed by atoms with Gasteiger partial charge in [-0.05, 0) is 51.0 Å². The third-order valence-electron chi connectivity index (χ3n) is 2.04. The molecule has 0 aromatic heterocycles. The van der Waals surface area contributed by atoms with Gasteiger partial charge in [0.05, 0.1) is 4.75 Å².